The van der Waals surface area contributed by atoms with Gasteiger partial charge in [-0.25, -0.2) is 5.01 Å². The van der Waals surface area contributed by atoms with Gasteiger partial charge in [0.1, 0.15) is 0 Å². The van der Waals surface area contributed by atoms with Gasteiger partial charge in [0.05, 0.1) is 0 Å². The van der Waals surface area contributed by atoms with E-state index in [9.17, 15) is 0 Å². The van der Waals surface area contributed by atoms with Crippen LogP contribution in [-0.2, 0) is 0 Å². The Labute approximate surface area is 101 Å². The lowest BCUT2D eigenvalue weighted by molar-refractivity contribution is 0.168. The standard InChI is InChI=1S/C13H29N3/c1-3-15(4-2)10-6-5-8-13-9-7-11-16(14)12-13/h13H,3-12,14H2,1-2H3. The third-order valence-electron chi connectivity index (χ3n) is 3.78. The van der Waals surface area contributed by atoms with Gasteiger partial charge in [0, 0.05) is 13.1 Å². The molecule has 1 aliphatic rings. The van der Waals surface area contributed by atoms with Crippen molar-refractivity contribution in [3.8, 4) is 0 Å². The summed E-state index contributed by atoms with van der Waals surface area (Å²) in [5, 5.41) is 2.00. The number of hydrogen-bond acceptors (Lipinski definition) is 3. The Morgan fingerprint density at radius 2 is 2.00 bits per heavy atom. The van der Waals surface area contributed by atoms with Gasteiger partial charge in [-0.2, -0.15) is 0 Å². The SMILES string of the molecule is CCN(CC)CCCCC1CCCN(N)C1. The second-order valence-corrected chi connectivity index (χ2v) is 5.03. The zero-order chi connectivity index (χ0) is 11.8. The lowest BCUT2D eigenvalue weighted by Gasteiger charge is -2.29. The number of unbranched alkanes of at least 4 members (excludes halogenated alkanes) is 1. The topological polar surface area (TPSA) is 32.5 Å². The van der Waals surface area contributed by atoms with Crippen LogP contribution in [0, 0.1) is 5.92 Å². The Balaban J connectivity index is 2.02. The molecule has 3 heteroatoms. The molecule has 0 bridgehead atoms. The van der Waals surface area contributed by atoms with Crippen molar-refractivity contribution in [3.63, 3.8) is 0 Å². The van der Waals surface area contributed by atoms with Crippen molar-refractivity contribution in [1.82, 2.24) is 9.91 Å². The molecule has 1 aliphatic heterocycles. The molecule has 1 heterocycles. The van der Waals surface area contributed by atoms with Gasteiger partial charge in [0.15, 0.2) is 0 Å². The third kappa shape index (κ3) is 5.28. The molecule has 1 atom stereocenters. The van der Waals surface area contributed by atoms with Gasteiger partial charge >= 0.3 is 0 Å². The van der Waals surface area contributed by atoms with Gasteiger partial charge < -0.3 is 4.90 Å². The average molecular weight is 227 g/mol. The van der Waals surface area contributed by atoms with Crippen molar-refractivity contribution in [2.24, 2.45) is 11.8 Å². The summed E-state index contributed by atoms with van der Waals surface area (Å²) in [6, 6.07) is 0. The van der Waals surface area contributed by atoms with Crippen molar-refractivity contribution < 1.29 is 0 Å². The lowest BCUT2D eigenvalue weighted by Crippen LogP contribution is -2.40. The van der Waals surface area contributed by atoms with Gasteiger partial charge in [0.2, 0.25) is 0 Å². The van der Waals surface area contributed by atoms with E-state index >= 15 is 0 Å². The molecule has 1 saturated heterocycles. The second kappa shape index (κ2) is 8.04. The highest BCUT2D eigenvalue weighted by Crippen LogP contribution is 2.19. The number of hydrazine groups is 1. The maximum absolute atomic E-state index is 5.85. The van der Waals surface area contributed by atoms with Crippen LogP contribution in [0.15, 0.2) is 0 Å². The Kier molecular flexibility index (Phi) is 7.01. The highest BCUT2D eigenvalue weighted by Gasteiger charge is 2.16. The molecule has 2 N–H and O–H groups in total. The molecule has 1 rings (SSSR count). The maximum Gasteiger partial charge on any atom is 0.0156 e. The summed E-state index contributed by atoms with van der Waals surface area (Å²) in [5.41, 5.74) is 0. The van der Waals surface area contributed by atoms with Crippen molar-refractivity contribution in [1.29, 1.82) is 0 Å². The highest BCUT2D eigenvalue weighted by molar-refractivity contribution is 4.69. The van der Waals surface area contributed by atoms with Crippen LogP contribution in [0.3, 0.4) is 0 Å². The molecule has 0 saturated carbocycles. The number of hydrogen-bond donors (Lipinski definition) is 1. The summed E-state index contributed by atoms with van der Waals surface area (Å²) < 4.78 is 0. The van der Waals surface area contributed by atoms with E-state index in [0.29, 0.717) is 0 Å². The van der Waals surface area contributed by atoms with Gasteiger partial charge in [-0.3, -0.25) is 5.84 Å². The number of nitrogens with two attached hydrogens (primary N) is 1. The van der Waals surface area contributed by atoms with Crippen molar-refractivity contribution in [3.05, 3.63) is 0 Å². The van der Waals surface area contributed by atoms with Crippen molar-refractivity contribution in [2.75, 3.05) is 32.7 Å². The van der Waals surface area contributed by atoms with Crippen molar-refractivity contribution >= 4 is 0 Å². The summed E-state index contributed by atoms with van der Waals surface area (Å²) in [6.45, 7) is 10.4. The lowest BCUT2D eigenvalue weighted by atomic mass is 9.93. The van der Waals surface area contributed by atoms with E-state index < -0.39 is 0 Å². The molecule has 3 nitrogen and oxygen atoms in total. The summed E-state index contributed by atoms with van der Waals surface area (Å²) >= 11 is 0. The quantitative estimate of drug-likeness (QED) is 0.534. The molecule has 16 heavy (non-hydrogen) atoms. The molecule has 1 fully saturated rings. The van der Waals surface area contributed by atoms with Crippen LogP contribution in [0.1, 0.15) is 46.0 Å². The van der Waals surface area contributed by atoms with Crippen LogP contribution < -0.4 is 5.84 Å². The van der Waals surface area contributed by atoms with E-state index in [1.165, 1.54) is 51.7 Å². The summed E-state index contributed by atoms with van der Waals surface area (Å²) in [4.78, 5) is 2.51. The van der Waals surface area contributed by atoms with E-state index in [4.69, 9.17) is 5.84 Å². The Morgan fingerprint density at radius 1 is 1.25 bits per heavy atom. The third-order valence-corrected chi connectivity index (χ3v) is 3.78. The zero-order valence-electron chi connectivity index (χ0n) is 11.1. The molecule has 96 valence electrons. The zero-order valence-corrected chi connectivity index (χ0v) is 11.1. The molecular formula is C13H29N3. The largest absolute Gasteiger partial charge is 0.304 e. The predicted octanol–water partition coefficient (Wildman–Crippen LogP) is 2.08. The van der Waals surface area contributed by atoms with Gasteiger partial charge in [-0.05, 0) is 51.2 Å². The molecule has 0 aromatic rings. The predicted molar refractivity (Wildman–Crippen MR) is 70.1 cm³/mol. The second-order valence-electron chi connectivity index (χ2n) is 5.03. The molecule has 0 aliphatic carbocycles. The smallest absolute Gasteiger partial charge is 0.0156 e. The van der Waals surface area contributed by atoms with E-state index in [1.807, 2.05) is 5.01 Å². The van der Waals surface area contributed by atoms with E-state index in [-0.39, 0.29) is 0 Å². The van der Waals surface area contributed by atoms with Crippen LogP contribution in [0.5, 0.6) is 0 Å². The minimum Gasteiger partial charge on any atom is -0.304 e. The Hall–Kier alpha value is -0.120. The van der Waals surface area contributed by atoms with Crippen LogP contribution in [0.4, 0.5) is 0 Å². The summed E-state index contributed by atoms with van der Waals surface area (Å²) in [6.07, 6.45) is 6.77. The molecule has 0 radical (unpaired) electrons. The first-order valence-corrected chi connectivity index (χ1v) is 6.98. The molecule has 0 aromatic heterocycles. The minimum atomic E-state index is 0.857. The average Bonchev–Trinajstić information content (AvgIpc) is 2.29. The first kappa shape index (κ1) is 13.9. The molecule has 0 spiro atoms. The van der Waals surface area contributed by atoms with Crippen LogP contribution in [0.25, 0.3) is 0 Å². The summed E-state index contributed by atoms with van der Waals surface area (Å²) in [7, 11) is 0. The van der Waals surface area contributed by atoms with Crippen LogP contribution >= 0.6 is 0 Å². The van der Waals surface area contributed by atoms with Crippen molar-refractivity contribution in [2.45, 2.75) is 46.0 Å². The van der Waals surface area contributed by atoms with Gasteiger partial charge in [0.25, 0.3) is 0 Å². The molecule has 1 unspecified atom stereocenters. The molecule has 0 amide bonds. The van der Waals surface area contributed by atoms with Gasteiger partial charge in [-0.1, -0.05) is 20.3 Å². The Bertz CT molecular complexity index is 169. The minimum absolute atomic E-state index is 0.857. The fourth-order valence-corrected chi connectivity index (χ4v) is 2.64. The maximum atomic E-state index is 5.85. The van der Waals surface area contributed by atoms with E-state index in [0.717, 1.165) is 19.0 Å². The van der Waals surface area contributed by atoms with E-state index in [2.05, 4.69) is 18.7 Å². The number of rotatable bonds is 7. The number of nitrogens with zero attached hydrogens (tertiary/aromatic N) is 2. The number of piperidine rings is 1. The van der Waals surface area contributed by atoms with Gasteiger partial charge in [-0.15, -0.1) is 0 Å². The molecular weight excluding hydrogens is 198 g/mol. The molecule has 0 aromatic carbocycles. The first-order valence-electron chi connectivity index (χ1n) is 6.98. The van der Waals surface area contributed by atoms with Crippen LogP contribution in [0.2, 0.25) is 0 Å². The fraction of sp³-hybridized carbons (Fsp3) is 1.00. The summed E-state index contributed by atoms with van der Waals surface area (Å²) in [5.74, 6) is 6.70. The van der Waals surface area contributed by atoms with Crippen LogP contribution in [-0.4, -0.2) is 42.6 Å². The highest BCUT2D eigenvalue weighted by atomic mass is 15.4. The fourth-order valence-electron chi connectivity index (χ4n) is 2.64. The normalized spacial score (nSPS) is 22.9. The first-order chi connectivity index (χ1) is 7.76. The monoisotopic (exact) mass is 227 g/mol. The van der Waals surface area contributed by atoms with E-state index in [1.54, 1.807) is 0 Å². The Morgan fingerprint density at radius 3 is 2.62 bits per heavy atom.